The van der Waals surface area contributed by atoms with Crippen molar-refractivity contribution in [2.75, 3.05) is 6.54 Å². The van der Waals surface area contributed by atoms with E-state index in [0.717, 1.165) is 11.3 Å². The zero-order chi connectivity index (χ0) is 17.3. The van der Waals surface area contributed by atoms with Gasteiger partial charge in [0.2, 0.25) is 0 Å². The Morgan fingerprint density at radius 1 is 1.17 bits per heavy atom. The van der Waals surface area contributed by atoms with Crippen molar-refractivity contribution in [2.24, 2.45) is 0 Å². The number of benzene rings is 1. The van der Waals surface area contributed by atoms with Crippen LogP contribution in [0.1, 0.15) is 43.5 Å². The van der Waals surface area contributed by atoms with Gasteiger partial charge in [-0.1, -0.05) is 26.0 Å². The van der Waals surface area contributed by atoms with Crippen molar-refractivity contribution < 1.29 is 9.53 Å². The summed E-state index contributed by atoms with van der Waals surface area (Å²) in [4.78, 5) is 25.9. The van der Waals surface area contributed by atoms with Crippen LogP contribution in [0, 0.1) is 0 Å². The lowest BCUT2D eigenvalue weighted by atomic mass is 10.0. The molecule has 1 aliphatic rings. The first-order valence-electron chi connectivity index (χ1n) is 8.29. The van der Waals surface area contributed by atoms with Gasteiger partial charge >= 0.3 is 0 Å². The van der Waals surface area contributed by atoms with Gasteiger partial charge in [0.25, 0.3) is 11.5 Å². The van der Waals surface area contributed by atoms with Crippen molar-refractivity contribution in [3.05, 3.63) is 51.4 Å². The molecule has 0 radical (unpaired) electrons. The Morgan fingerprint density at radius 2 is 1.88 bits per heavy atom. The summed E-state index contributed by atoms with van der Waals surface area (Å²) in [5.41, 5.74) is 2.68. The van der Waals surface area contributed by atoms with E-state index in [2.05, 4.69) is 24.0 Å². The molecule has 3 rings (SSSR count). The quantitative estimate of drug-likeness (QED) is 0.902. The van der Waals surface area contributed by atoms with E-state index in [4.69, 9.17) is 4.74 Å². The second-order valence-corrected chi connectivity index (χ2v) is 6.53. The number of rotatable bonds is 4. The minimum absolute atomic E-state index is 0.0735. The monoisotopic (exact) mass is 329 g/mol. The van der Waals surface area contributed by atoms with E-state index in [-0.39, 0.29) is 11.5 Å². The van der Waals surface area contributed by atoms with Crippen LogP contribution < -0.4 is 10.3 Å². The molecule has 0 fully saturated rings. The van der Waals surface area contributed by atoms with Crippen LogP contribution in [0.3, 0.4) is 0 Å². The van der Waals surface area contributed by atoms with E-state index in [9.17, 15) is 9.59 Å². The number of nitrogens with one attached hydrogen (secondary N) is 2. The van der Waals surface area contributed by atoms with Gasteiger partial charge in [0.1, 0.15) is 5.75 Å². The Labute approximate surface area is 140 Å². The highest BCUT2D eigenvalue weighted by atomic mass is 16.5. The summed E-state index contributed by atoms with van der Waals surface area (Å²) in [5, 5.41) is 5.42. The molecule has 6 nitrogen and oxygen atoms in total. The summed E-state index contributed by atoms with van der Waals surface area (Å²) in [6.45, 7) is 6.98. The van der Waals surface area contributed by atoms with E-state index >= 15 is 0 Å². The van der Waals surface area contributed by atoms with Crippen molar-refractivity contribution in [1.29, 1.82) is 0 Å². The van der Waals surface area contributed by atoms with Crippen molar-refractivity contribution in [2.45, 2.75) is 45.8 Å². The second kappa shape index (κ2) is 6.55. The third kappa shape index (κ3) is 3.22. The highest BCUT2D eigenvalue weighted by Crippen LogP contribution is 2.20. The van der Waals surface area contributed by atoms with Gasteiger partial charge in [0.05, 0.1) is 12.2 Å². The normalized spacial score (nSPS) is 15.2. The van der Waals surface area contributed by atoms with E-state index in [1.54, 1.807) is 11.8 Å². The fourth-order valence-electron chi connectivity index (χ4n) is 2.97. The molecule has 2 heterocycles. The number of H-pyrrole nitrogens is 2. The lowest BCUT2D eigenvalue weighted by Gasteiger charge is -2.28. The summed E-state index contributed by atoms with van der Waals surface area (Å²) in [5.74, 6) is 1.08. The fraction of sp³-hybridized carbons (Fsp3) is 0.444. The number of fused-ring (bicyclic) bond motifs is 1. The first kappa shape index (κ1) is 16.4. The summed E-state index contributed by atoms with van der Waals surface area (Å²) in [7, 11) is 0. The van der Waals surface area contributed by atoms with Gasteiger partial charge in [-0.15, -0.1) is 0 Å². The highest BCUT2D eigenvalue weighted by Gasteiger charge is 2.27. The summed E-state index contributed by atoms with van der Waals surface area (Å²) in [6.07, 6.45) is -0.00230. The second-order valence-electron chi connectivity index (χ2n) is 6.53. The predicted octanol–water partition coefficient (Wildman–Crippen LogP) is 2.18. The third-order valence-corrected chi connectivity index (χ3v) is 4.47. The number of carbonyl (C=O) groups excluding carboxylic acids is 1. The zero-order valence-corrected chi connectivity index (χ0v) is 14.3. The Kier molecular flexibility index (Phi) is 4.46. The predicted molar refractivity (Wildman–Crippen MR) is 91.2 cm³/mol. The average molecular weight is 329 g/mol. The number of nitrogens with zero attached hydrogens (tertiary/aromatic N) is 1. The minimum atomic E-state index is -0.567. The van der Waals surface area contributed by atoms with Crippen LogP contribution in [-0.4, -0.2) is 33.7 Å². The van der Waals surface area contributed by atoms with E-state index in [0.29, 0.717) is 31.2 Å². The van der Waals surface area contributed by atoms with Crippen LogP contribution >= 0.6 is 0 Å². The number of aromatic amines is 2. The van der Waals surface area contributed by atoms with Crippen LogP contribution in [-0.2, 0) is 17.8 Å². The van der Waals surface area contributed by atoms with E-state index in [1.165, 1.54) is 5.56 Å². The summed E-state index contributed by atoms with van der Waals surface area (Å²) in [6, 6.07) is 7.85. The Bertz CT molecular complexity index is 774. The molecule has 1 atom stereocenters. The molecule has 2 N–H and O–H groups in total. The van der Waals surface area contributed by atoms with Gasteiger partial charge in [-0.25, -0.2) is 0 Å². The first-order valence-corrected chi connectivity index (χ1v) is 8.29. The standard InChI is InChI=1S/C18H23N3O3/c1-11(2)13-4-6-14(7-5-13)24-12(3)18(23)21-9-8-15-16(10-21)19-20-17(15)22/h4-7,11-12H,8-10H2,1-3H3,(H2,19,20,22). The molecule has 24 heavy (non-hydrogen) atoms. The van der Waals surface area contributed by atoms with Gasteiger partial charge in [0.15, 0.2) is 6.10 Å². The molecule has 6 heteroatoms. The van der Waals surface area contributed by atoms with Crippen LogP contribution in [0.2, 0.25) is 0 Å². The summed E-state index contributed by atoms with van der Waals surface area (Å²) < 4.78 is 5.79. The molecule has 0 saturated carbocycles. The molecule has 2 aromatic rings. The maximum Gasteiger partial charge on any atom is 0.267 e. The van der Waals surface area contributed by atoms with E-state index < -0.39 is 6.10 Å². The van der Waals surface area contributed by atoms with Crippen LogP contribution in [0.25, 0.3) is 0 Å². The maximum atomic E-state index is 12.6. The zero-order valence-electron chi connectivity index (χ0n) is 14.3. The van der Waals surface area contributed by atoms with Crippen molar-refractivity contribution in [3.63, 3.8) is 0 Å². The number of hydrogen-bond acceptors (Lipinski definition) is 3. The lowest BCUT2D eigenvalue weighted by Crippen LogP contribution is -2.43. The molecule has 1 amide bonds. The molecule has 0 aliphatic carbocycles. The van der Waals surface area contributed by atoms with Gasteiger partial charge in [-0.05, 0) is 37.0 Å². The molecule has 128 valence electrons. The lowest BCUT2D eigenvalue weighted by molar-refractivity contribution is -0.139. The largest absolute Gasteiger partial charge is 0.481 e. The van der Waals surface area contributed by atoms with Crippen molar-refractivity contribution in [1.82, 2.24) is 15.1 Å². The Balaban J connectivity index is 1.64. The van der Waals surface area contributed by atoms with Crippen LogP contribution in [0.4, 0.5) is 0 Å². The molecule has 0 bridgehead atoms. The maximum absolute atomic E-state index is 12.6. The average Bonchev–Trinajstić information content (AvgIpc) is 2.95. The fourth-order valence-corrected chi connectivity index (χ4v) is 2.97. The smallest absolute Gasteiger partial charge is 0.267 e. The molecule has 1 aliphatic heterocycles. The molecule has 1 aromatic heterocycles. The van der Waals surface area contributed by atoms with Gasteiger partial charge in [0, 0.05) is 12.1 Å². The summed E-state index contributed by atoms with van der Waals surface area (Å²) >= 11 is 0. The first-order chi connectivity index (χ1) is 11.5. The van der Waals surface area contributed by atoms with Gasteiger partial charge in [-0.3, -0.25) is 14.7 Å². The molecule has 1 unspecified atom stereocenters. The Hall–Kier alpha value is -2.50. The number of aromatic nitrogens is 2. The van der Waals surface area contributed by atoms with Gasteiger partial charge < -0.3 is 14.7 Å². The number of carbonyl (C=O) groups is 1. The number of ether oxygens (including phenoxy) is 1. The molecular weight excluding hydrogens is 306 g/mol. The topological polar surface area (TPSA) is 78.2 Å². The molecular formula is C18H23N3O3. The Morgan fingerprint density at radius 3 is 2.54 bits per heavy atom. The van der Waals surface area contributed by atoms with Crippen LogP contribution in [0.5, 0.6) is 5.75 Å². The number of hydrogen-bond donors (Lipinski definition) is 2. The van der Waals surface area contributed by atoms with Gasteiger partial charge in [-0.2, -0.15) is 0 Å². The van der Waals surface area contributed by atoms with Crippen molar-refractivity contribution >= 4 is 5.91 Å². The third-order valence-electron chi connectivity index (χ3n) is 4.47. The molecule has 0 spiro atoms. The molecule has 0 saturated heterocycles. The van der Waals surface area contributed by atoms with Crippen molar-refractivity contribution in [3.8, 4) is 5.75 Å². The number of amides is 1. The highest BCUT2D eigenvalue weighted by molar-refractivity contribution is 5.81. The van der Waals surface area contributed by atoms with E-state index in [1.807, 2.05) is 24.3 Å². The minimum Gasteiger partial charge on any atom is -0.481 e. The SMILES string of the molecule is CC(Oc1ccc(C(C)C)cc1)C(=O)N1CCc2c([nH][nH]c2=O)C1. The molecule has 1 aromatic carbocycles. The van der Waals surface area contributed by atoms with Crippen LogP contribution in [0.15, 0.2) is 29.1 Å².